The van der Waals surface area contributed by atoms with E-state index in [1.54, 1.807) is 19.4 Å². The molecule has 0 spiro atoms. The first-order chi connectivity index (χ1) is 15.7. The van der Waals surface area contributed by atoms with Crippen LogP contribution in [0.25, 0.3) is 0 Å². The number of nitrogens with zero attached hydrogens (tertiary/aromatic N) is 1. The number of hydrogen-bond donors (Lipinski definition) is 2. The standard InChI is InChI=1S/C28H40BrNO3/c1-26-11-5-4-6-19(26)7-8-21-22(26)9-12-27(2)23(21)10-13-28(27,32)17-30-16-18-14-20(29)15-24(33-3)25(18)31/h14-16,19,21-23,31-32H,4-13,17H2,1-3H3/b30-16+/t19?,21?,22?,23?,26-,27-,28?/m0/s1. The van der Waals surface area contributed by atoms with Gasteiger partial charge in [0.1, 0.15) is 0 Å². The highest BCUT2D eigenvalue weighted by Crippen LogP contribution is 2.68. The van der Waals surface area contributed by atoms with Crippen LogP contribution in [0.2, 0.25) is 0 Å². The number of aliphatic hydroxyl groups is 1. The van der Waals surface area contributed by atoms with Gasteiger partial charge in [0.15, 0.2) is 11.5 Å². The monoisotopic (exact) mass is 517 g/mol. The SMILES string of the molecule is COc1cc(Br)cc(/C=N/CC2(O)CCC3C4CCC5CCCC[C@]5(C)C4CC[C@@]32C)c1O. The number of phenols is 1. The zero-order chi connectivity index (χ0) is 23.4. The van der Waals surface area contributed by atoms with E-state index < -0.39 is 5.60 Å². The number of rotatable bonds is 4. The van der Waals surface area contributed by atoms with Crippen molar-refractivity contribution in [2.75, 3.05) is 13.7 Å². The minimum atomic E-state index is -0.769. The van der Waals surface area contributed by atoms with E-state index >= 15 is 0 Å². The lowest BCUT2D eigenvalue weighted by molar-refractivity contribution is -0.147. The molecular weight excluding hydrogens is 478 g/mol. The van der Waals surface area contributed by atoms with E-state index in [4.69, 9.17) is 4.74 Å². The lowest BCUT2D eigenvalue weighted by atomic mass is 9.44. The van der Waals surface area contributed by atoms with Crippen LogP contribution in [0.3, 0.4) is 0 Å². The second kappa shape index (κ2) is 8.55. The molecule has 0 saturated heterocycles. The molecule has 5 rings (SSSR count). The van der Waals surface area contributed by atoms with Gasteiger partial charge in [-0.2, -0.15) is 0 Å². The van der Waals surface area contributed by atoms with E-state index in [0.717, 1.165) is 41.5 Å². The maximum atomic E-state index is 11.9. The number of hydrogen-bond acceptors (Lipinski definition) is 4. The third-order valence-electron chi connectivity index (χ3n) is 10.8. The summed E-state index contributed by atoms with van der Waals surface area (Å²) in [5.74, 6) is 3.64. The van der Waals surface area contributed by atoms with Gasteiger partial charge in [-0.25, -0.2) is 0 Å². The van der Waals surface area contributed by atoms with Crippen molar-refractivity contribution in [1.29, 1.82) is 0 Å². The average Bonchev–Trinajstić information content (AvgIpc) is 3.06. The molecule has 4 fully saturated rings. The van der Waals surface area contributed by atoms with Crippen LogP contribution < -0.4 is 4.74 Å². The molecule has 5 heteroatoms. The van der Waals surface area contributed by atoms with Gasteiger partial charge in [-0.05, 0) is 92.6 Å². The van der Waals surface area contributed by atoms with Crippen LogP contribution in [0.4, 0.5) is 0 Å². The Bertz CT molecular complexity index is 934. The summed E-state index contributed by atoms with van der Waals surface area (Å²) in [7, 11) is 1.54. The second-order valence-corrected chi connectivity index (χ2v) is 12.9. The van der Waals surface area contributed by atoms with E-state index in [-0.39, 0.29) is 11.2 Å². The van der Waals surface area contributed by atoms with Crippen LogP contribution in [0, 0.1) is 34.5 Å². The molecule has 0 bridgehead atoms. The predicted molar refractivity (Wildman–Crippen MR) is 136 cm³/mol. The van der Waals surface area contributed by atoms with Crippen molar-refractivity contribution in [3.63, 3.8) is 0 Å². The highest BCUT2D eigenvalue weighted by atomic mass is 79.9. The Morgan fingerprint density at radius 1 is 1.06 bits per heavy atom. The van der Waals surface area contributed by atoms with Crippen molar-refractivity contribution >= 4 is 22.1 Å². The molecule has 0 aromatic heterocycles. The number of halogens is 1. The highest BCUT2D eigenvalue weighted by Gasteiger charge is 2.64. The van der Waals surface area contributed by atoms with Gasteiger partial charge in [0.05, 0.1) is 19.3 Å². The minimum Gasteiger partial charge on any atom is -0.504 e. The smallest absolute Gasteiger partial charge is 0.166 e. The highest BCUT2D eigenvalue weighted by molar-refractivity contribution is 9.10. The van der Waals surface area contributed by atoms with Crippen LogP contribution in [0.1, 0.15) is 83.6 Å². The molecule has 33 heavy (non-hydrogen) atoms. The summed E-state index contributed by atoms with van der Waals surface area (Å²) in [4.78, 5) is 4.68. The first-order valence-corrected chi connectivity index (χ1v) is 13.8. The van der Waals surface area contributed by atoms with Crippen molar-refractivity contribution in [3.8, 4) is 11.5 Å². The van der Waals surface area contributed by atoms with Crippen LogP contribution in [-0.2, 0) is 0 Å². The summed E-state index contributed by atoms with van der Waals surface area (Å²) < 4.78 is 6.09. The number of aromatic hydroxyl groups is 1. The number of benzene rings is 1. The summed E-state index contributed by atoms with van der Waals surface area (Å²) >= 11 is 3.47. The lowest BCUT2D eigenvalue weighted by Gasteiger charge is -2.61. The van der Waals surface area contributed by atoms with Crippen molar-refractivity contribution in [2.45, 2.75) is 83.7 Å². The Labute approximate surface area is 207 Å². The maximum Gasteiger partial charge on any atom is 0.166 e. The number of phenolic OH excluding ortho intramolecular Hbond substituents is 1. The summed E-state index contributed by atoms with van der Waals surface area (Å²) in [6, 6.07) is 3.57. The minimum absolute atomic E-state index is 0.0691. The first-order valence-electron chi connectivity index (χ1n) is 13.0. The van der Waals surface area contributed by atoms with E-state index in [0.29, 0.717) is 29.2 Å². The molecule has 2 N–H and O–H groups in total. The zero-order valence-corrected chi connectivity index (χ0v) is 22.0. The van der Waals surface area contributed by atoms with Gasteiger partial charge >= 0.3 is 0 Å². The molecule has 5 unspecified atom stereocenters. The molecule has 0 heterocycles. The molecule has 4 saturated carbocycles. The van der Waals surface area contributed by atoms with Gasteiger partial charge in [0.25, 0.3) is 0 Å². The van der Waals surface area contributed by atoms with E-state index in [1.807, 2.05) is 6.07 Å². The number of aliphatic imine (C=N–C) groups is 1. The summed E-state index contributed by atoms with van der Waals surface area (Å²) in [5, 5.41) is 22.4. The van der Waals surface area contributed by atoms with Gasteiger partial charge in [-0.15, -0.1) is 0 Å². The third-order valence-corrected chi connectivity index (χ3v) is 11.2. The van der Waals surface area contributed by atoms with Crippen LogP contribution in [-0.4, -0.2) is 35.7 Å². The van der Waals surface area contributed by atoms with Crippen LogP contribution in [0.15, 0.2) is 21.6 Å². The Morgan fingerprint density at radius 3 is 2.64 bits per heavy atom. The third kappa shape index (κ3) is 3.67. The topological polar surface area (TPSA) is 62.0 Å². The van der Waals surface area contributed by atoms with Crippen LogP contribution in [0.5, 0.6) is 11.5 Å². The average molecular weight is 519 g/mol. The largest absolute Gasteiger partial charge is 0.504 e. The molecular formula is C28H40BrNO3. The van der Waals surface area contributed by atoms with Crippen molar-refractivity contribution in [1.82, 2.24) is 0 Å². The van der Waals surface area contributed by atoms with Gasteiger partial charge in [-0.1, -0.05) is 42.6 Å². The van der Waals surface area contributed by atoms with Gasteiger partial charge in [0, 0.05) is 21.7 Å². The summed E-state index contributed by atoms with van der Waals surface area (Å²) in [5.41, 5.74) is 0.297. The molecule has 0 aliphatic heterocycles. The van der Waals surface area contributed by atoms with Gasteiger partial charge in [0.2, 0.25) is 0 Å². The lowest BCUT2D eigenvalue weighted by Crippen LogP contribution is -2.56. The Balaban J connectivity index is 1.35. The molecule has 1 aromatic rings. The van der Waals surface area contributed by atoms with Crippen LogP contribution >= 0.6 is 15.9 Å². The first kappa shape index (κ1) is 23.7. The molecule has 7 atom stereocenters. The predicted octanol–water partition coefficient (Wildman–Crippen LogP) is 6.75. The van der Waals surface area contributed by atoms with E-state index in [1.165, 1.54) is 44.9 Å². The quantitative estimate of drug-likeness (QED) is 0.434. The zero-order valence-electron chi connectivity index (χ0n) is 20.4. The number of methoxy groups -OCH3 is 1. The summed E-state index contributed by atoms with van der Waals surface area (Å²) in [6.45, 7) is 5.36. The number of fused-ring (bicyclic) bond motifs is 5. The fraction of sp³-hybridized carbons (Fsp3) is 0.750. The Morgan fingerprint density at radius 2 is 1.85 bits per heavy atom. The molecule has 0 amide bonds. The normalized spacial score (nSPS) is 42.6. The van der Waals surface area contributed by atoms with E-state index in [2.05, 4.69) is 34.8 Å². The van der Waals surface area contributed by atoms with Crippen molar-refractivity contribution in [2.24, 2.45) is 39.5 Å². The fourth-order valence-electron chi connectivity index (χ4n) is 8.81. The molecule has 0 radical (unpaired) electrons. The fourth-order valence-corrected chi connectivity index (χ4v) is 9.26. The van der Waals surface area contributed by atoms with Crippen molar-refractivity contribution < 1.29 is 14.9 Å². The molecule has 1 aromatic carbocycles. The van der Waals surface area contributed by atoms with Gasteiger partial charge in [-0.3, -0.25) is 4.99 Å². The number of ether oxygens (including phenoxy) is 1. The van der Waals surface area contributed by atoms with Gasteiger partial charge < -0.3 is 14.9 Å². The maximum absolute atomic E-state index is 11.9. The molecule has 182 valence electrons. The summed E-state index contributed by atoms with van der Waals surface area (Å²) in [6.07, 6.45) is 14.5. The molecule has 4 aliphatic carbocycles. The molecule has 4 nitrogen and oxygen atoms in total. The van der Waals surface area contributed by atoms with E-state index in [9.17, 15) is 10.2 Å². The Hall–Kier alpha value is -1.07. The van der Waals surface area contributed by atoms with Crippen molar-refractivity contribution in [3.05, 3.63) is 22.2 Å². The molecule has 4 aliphatic rings. The second-order valence-electron chi connectivity index (χ2n) is 11.9. The Kier molecular flexibility index (Phi) is 6.13.